The van der Waals surface area contributed by atoms with Gasteiger partial charge in [-0.3, -0.25) is 4.79 Å². The summed E-state index contributed by atoms with van der Waals surface area (Å²) in [6.07, 6.45) is -6.91. The molecule has 6 fully saturated rings. The minimum absolute atomic E-state index is 0.229. The number of rotatable bonds is 0. The van der Waals surface area contributed by atoms with E-state index in [-0.39, 0.29) is 6.42 Å². The predicted octanol–water partition coefficient (Wildman–Crippen LogP) is -1.37. The second-order valence-electron chi connectivity index (χ2n) is 10.7. The van der Waals surface area contributed by atoms with Crippen LogP contribution in [0.3, 0.4) is 0 Å². The first kappa shape index (κ1) is 19.0. The number of ether oxygens (including phenoxy) is 4. The molecular weight excluding hydrogens is 400 g/mol. The molecule has 10 nitrogen and oxygen atoms in total. The third kappa shape index (κ3) is 1.33. The summed E-state index contributed by atoms with van der Waals surface area (Å²) in [5.74, 6) is -4.32. The fourth-order valence-corrected chi connectivity index (χ4v) is 8.12. The lowest BCUT2D eigenvalue weighted by Gasteiger charge is -2.47. The smallest absolute Gasteiger partial charge is 0.343 e. The van der Waals surface area contributed by atoms with E-state index in [1.165, 1.54) is 6.92 Å². The van der Waals surface area contributed by atoms with Crippen LogP contribution in [-0.4, -0.2) is 75.1 Å². The van der Waals surface area contributed by atoms with E-state index in [0.717, 1.165) is 0 Å². The first-order chi connectivity index (χ1) is 13.8. The molecule has 6 aliphatic rings. The molecule has 11 atom stereocenters. The first-order valence-corrected chi connectivity index (χ1v) is 10.2. The van der Waals surface area contributed by atoms with Gasteiger partial charge in [0, 0.05) is 0 Å². The molecule has 0 amide bonds. The Labute approximate surface area is 171 Å². The molecule has 2 spiro atoms. The summed E-state index contributed by atoms with van der Waals surface area (Å²) in [5.41, 5.74) is -8.26. The average molecular weight is 424 g/mol. The average Bonchev–Trinajstić information content (AvgIpc) is 3.35. The highest BCUT2D eigenvalue weighted by Gasteiger charge is 3.03. The normalized spacial score (nSPS) is 60.1. The monoisotopic (exact) mass is 424 g/mol. The van der Waals surface area contributed by atoms with Crippen molar-refractivity contribution >= 4 is 17.9 Å². The molecule has 0 aromatic rings. The van der Waals surface area contributed by atoms with E-state index in [9.17, 15) is 29.7 Å². The van der Waals surface area contributed by atoms with Crippen LogP contribution in [0.25, 0.3) is 0 Å². The Morgan fingerprint density at radius 3 is 2.33 bits per heavy atom. The van der Waals surface area contributed by atoms with Gasteiger partial charge in [0.2, 0.25) is 11.9 Å². The van der Waals surface area contributed by atoms with Crippen LogP contribution in [0.4, 0.5) is 0 Å². The van der Waals surface area contributed by atoms with Crippen LogP contribution in [0.2, 0.25) is 0 Å². The van der Waals surface area contributed by atoms with E-state index in [0.29, 0.717) is 0 Å². The second kappa shape index (κ2) is 4.69. The number of esters is 3. The fraction of sp³-hybridized carbons (Fsp3) is 0.850. The van der Waals surface area contributed by atoms with Gasteiger partial charge in [0.15, 0.2) is 17.8 Å². The highest BCUT2D eigenvalue weighted by molar-refractivity contribution is 5.94. The van der Waals surface area contributed by atoms with Crippen LogP contribution < -0.4 is 0 Å². The zero-order valence-corrected chi connectivity index (χ0v) is 16.9. The van der Waals surface area contributed by atoms with Crippen molar-refractivity contribution < 1.29 is 48.7 Å². The maximum absolute atomic E-state index is 13.4. The number of fused-ring (bicyclic) bond motifs is 1. The molecule has 6 rings (SSSR count). The van der Waals surface area contributed by atoms with Gasteiger partial charge in [-0.15, -0.1) is 0 Å². The van der Waals surface area contributed by atoms with Gasteiger partial charge in [0.05, 0.1) is 16.7 Å². The number of hydrogen-bond donors (Lipinski definition) is 3. The van der Waals surface area contributed by atoms with Gasteiger partial charge in [0.1, 0.15) is 12.2 Å². The third-order valence-electron chi connectivity index (χ3n) is 9.00. The van der Waals surface area contributed by atoms with E-state index in [4.69, 9.17) is 18.9 Å². The molecule has 0 aromatic heterocycles. The van der Waals surface area contributed by atoms with Gasteiger partial charge in [-0.05, 0) is 24.7 Å². The van der Waals surface area contributed by atoms with Crippen molar-refractivity contribution in [2.24, 2.45) is 28.1 Å². The first-order valence-electron chi connectivity index (χ1n) is 10.2. The number of hydrogen-bond acceptors (Lipinski definition) is 10. The topological polar surface area (TPSA) is 149 Å². The van der Waals surface area contributed by atoms with Crippen molar-refractivity contribution in [1.82, 2.24) is 0 Å². The van der Waals surface area contributed by atoms with E-state index < -0.39 is 87.9 Å². The summed E-state index contributed by atoms with van der Waals surface area (Å²) < 4.78 is 22.5. The second-order valence-corrected chi connectivity index (χ2v) is 10.7. The Balaban J connectivity index is 1.72. The molecule has 0 aromatic carbocycles. The van der Waals surface area contributed by atoms with Crippen LogP contribution in [0, 0.1) is 28.1 Å². The highest BCUT2D eigenvalue weighted by Crippen LogP contribution is 2.84. The summed E-state index contributed by atoms with van der Waals surface area (Å²) >= 11 is 0. The number of aliphatic hydroxyl groups excluding tert-OH is 2. The van der Waals surface area contributed by atoms with Crippen LogP contribution in [-0.2, 0) is 33.3 Å². The van der Waals surface area contributed by atoms with E-state index in [1.807, 2.05) is 20.8 Å². The van der Waals surface area contributed by atoms with Crippen molar-refractivity contribution in [2.45, 2.75) is 76.0 Å². The van der Waals surface area contributed by atoms with Crippen molar-refractivity contribution in [3.8, 4) is 0 Å². The molecular formula is C20H24O10. The summed E-state index contributed by atoms with van der Waals surface area (Å²) in [6.45, 7) is 7.14. The Kier molecular flexibility index (Phi) is 2.97. The van der Waals surface area contributed by atoms with Crippen molar-refractivity contribution in [1.29, 1.82) is 0 Å². The lowest BCUT2D eigenvalue weighted by Crippen LogP contribution is -2.67. The molecule has 0 unspecified atom stereocenters. The molecule has 4 heterocycles. The summed E-state index contributed by atoms with van der Waals surface area (Å²) in [6, 6.07) is 0. The van der Waals surface area contributed by atoms with Crippen LogP contribution >= 0.6 is 0 Å². The Bertz CT molecular complexity index is 925. The maximum Gasteiger partial charge on any atom is 0.343 e. The van der Waals surface area contributed by atoms with E-state index in [1.54, 1.807) is 0 Å². The Hall–Kier alpha value is -1.75. The van der Waals surface area contributed by atoms with Gasteiger partial charge in [-0.2, -0.15) is 0 Å². The summed E-state index contributed by atoms with van der Waals surface area (Å²) in [5, 5.41) is 34.7. The number of carbonyl (C=O) groups is 3. The van der Waals surface area contributed by atoms with Crippen LogP contribution in [0.1, 0.15) is 34.1 Å². The number of carbonyl (C=O) groups excluding carboxylic acids is 3. The third-order valence-corrected chi connectivity index (χ3v) is 9.00. The zero-order valence-electron chi connectivity index (χ0n) is 16.9. The summed E-state index contributed by atoms with van der Waals surface area (Å²) in [7, 11) is 0. The highest BCUT2D eigenvalue weighted by atomic mass is 16.8. The molecule has 30 heavy (non-hydrogen) atoms. The minimum Gasteiger partial charge on any atom is -0.459 e. The standard InChI is InChI=1S/C20H24O10/c1-6-12(23)28-11-9(21)18-8-5-7(16(2,3)4)17(18)10(22)13(24)29-15(17)30-20(18,14(25)27-8)19(6,11)26/h6-11,15,21-22,26H,5H2,1-4H3/t6-,7+,8+,9-,10+,11-,15-,17+,18+,19-,20-/m1/s1. The van der Waals surface area contributed by atoms with E-state index >= 15 is 0 Å². The molecule has 4 saturated heterocycles. The Morgan fingerprint density at radius 1 is 1.03 bits per heavy atom. The maximum atomic E-state index is 13.4. The van der Waals surface area contributed by atoms with Crippen LogP contribution in [0.15, 0.2) is 0 Å². The predicted molar refractivity (Wildman–Crippen MR) is 92.0 cm³/mol. The van der Waals surface area contributed by atoms with Gasteiger partial charge < -0.3 is 34.3 Å². The molecule has 2 aliphatic carbocycles. The van der Waals surface area contributed by atoms with Gasteiger partial charge >= 0.3 is 17.9 Å². The Morgan fingerprint density at radius 2 is 1.70 bits per heavy atom. The largest absolute Gasteiger partial charge is 0.459 e. The van der Waals surface area contributed by atoms with Crippen molar-refractivity contribution in [3.63, 3.8) is 0 Å². The van der Waals surface area contributed by atoms with Gasteiger partial charge in [0.25, 0.3) is 0 Å². The fourth-order valence-electron chi connectivity index (χ4n) is 8.12. The van der Waals surface area contributed by atoms with Crippen LogP contribution in [0.5, 0.6) is 0 Å². The van der Waals surface area contributed by atoms with Gasteiger partial charge in [-0.1, -0.05) is 20.8 Å². The van der Waals surface area contributed by atoms with Gasteiger partial charge in [-0.25, -0.2) is 9.59 Å². The molecule has 0 radical (unpaired) electrons. The minimum atomic E-state index is -2.24. The SMILES string of the molecule is C[C@@H]1C(=O)O[C@@H]2[C@@H](O)[C@@]34[C@@H]5C[C@@H](C(C)(C)C)[C@]36[C@H](OC(=O)[C@@H]6O)O[C@@]4(C(=O)O5)[C@@]12O. The number of aliphatic hydroxyl groups is 3. The lowest BCUT2D eigenvalue weighted by molar-refractivity contribution is -0.239. The van der Waals surface area contributed by atoms with E-state index in [2.05, 4.69) is 0 Å². The quantitative estimate of drug-likeness (QED) is 0.314. The molecule has 164 valence electrons. The zero-order chi connectivity index (χ0) is 21.8. The van der Waals surface area contributed by atoms with Crippen molar-refractivity contribution in [3.05, 3.63) is 0 Å². The molecule has 0 bridgehead atoms. The molecule has 2 saturated carbocycles. The lowest BCUT2D eigenvalue weighted by atomic mass is 9.51. The molecule has 4 aliphatic heterocycles. The van der Waals surface area contributed by atoms with Crippen molar-refractivity contribution in [2.75, 3.05) is 0 Å². The molecule has 3 N–H and O–H groups in total. The summed E-state index contributed by atoms with van der Waals surface area (Å²) in [4.78, 5) is 38.2. The molecule has 10 heteroatoms.